The molecule has 2 nitrogen and oxygen atoms in total. The first-order chi connectivity index (χ1) is 7.11. The van der Waals surface area contributed by atoms with Crippen LogP contribution >= 0.6 is 23.2 Å². The minimum atomic E-state index is 0.312. The second-order valence-corrected chi connectivity index (χ2v) is 4.75. The number of ether oxygens (including phenoxy) is 1. The maximum absolute atomic E-state index is 6.16. The maximum Gasteiger partial charge on any atom is 0.138 e. The first-order valence-electron chi connectivity index (χ1n) is 4.90. The van der Waals surface area contributed by atoms with Gasteiger partial charge in [0, 0.05) is 17.1 Å². The van der Waals surface area contributed by atoms with Crippen molar-refractivity contribution in [2.45, 2.75) is 24.8 Å². The summed E-state index contributed by atoms with van der Waals surface area (Å²) in [6, 6.07) is 3.97. The Morgan fingerprint density at radius 3 is 2.47 bits per heavy atom. The van der Waals surface area contributed by atoms with E-state index < -0.39 is 0 Å². The Bertz CT molecular complexity index is 375. The number of nitrogens with two attached hydrogens (primary N) is 1. The van der Waals surface area contributed by atoms with Gasteiger partial charge in [-0.1, -0.05) is 23.2 Å². The largest absolute Gasteiger partial charge is 0.495 e. The molecule has 0 spiro atoms. The lowest BCUT2D eigenvalue weighted by Gasteiger charge is -2.33. The van der Waals surface area contributed by atoms with Crippen LogP contribution in [0.4, 0.5) is 0 Å². The summed E-state index contributed by atoms with van der Waals surface area (Å²) in [6.07, 6.45) is 1.98. The Morgan fingerprint density at radius 1 is 1.27 bits per heavy atom. The van der Waals surface area contributed by atoms with E-state index in [0.717, 1.165) is 18.4 Å². The van der Waals surface area contributed by atoms with E-state index in [0.29, 0.717) is 27.8 Å². The smallest absolute Gasteiger partial charge is 0.138 e. The highest BCUT2D eigenvalue weighted by Gasteiger charge is 2.29. The van der Waals surface area contributed by atoms with Crippen molar-refractivity contribution in [3.8, 4) is 5.75 Å². The van der Waals surface area contributed by atoms with Crippen molar-refractivity contribution in [1.29, 1.82) is 0 Å². The summed E-state index contributed by atoms with van der Waals surface area (Å²) in [6.45, 7) is 0. The average Bonchev–Trinajstić information content (AvgIpc) is 2.16. The van der Waals surface area contributed by atoms with E-state index in [4.69, 9.17) is 33.7 Å². The van der Waals surface area contributed by atoms with Crippen LogP contribution in [0.2, 0.25) is 10.0 Å². The van der Waals surface area contributed by atoms with E-state index in [9.17, 15) is 0 Å². The Kier molecular flexibility index (Phi) is 3.10. The van der Waals surface area contributed by atoms with Crippen LogP contribution in [0, 0.1) is 0 Å². The molecule has 0 aromatic heterocycles. The molecule has 0 atom stereocenters. The zero-order valence-electron chi connectivity index (χ0n) is 8.47. The second-order valence-electron chi connectivity index (χ2n) is 3.94. The van der Waals surface area contributed by atoms with Crippen molar-refractivity contribution in [2.75, 3.05) is 7.11 Å². The predicted octanol–water partition coefficient (Wildman–Crippen LogP) is 3.21. The standard InChI is InChI=1S/C11H13Cl2NO/c1-15-11-5-9(12)8(4-10(11)13)6-2-7(14)3-6/h4-7H,2-3,14H2,1H3. The maximum atomic E-state index is 6.16. The Balaban J connectivity index is 2.29. The van der Waals surface area contributed by atoms with Crippen molar-refractivity contribution < 1.29 is 4.74 Å². The normalized spacial score (nSPS) is 24.8. The van der Waals surface area contributed by atoms with E-state index in [1.807, 2.05) is 6.07 Å². The number of halogens is 2. The van der Waals surface area contributed by atoms with Crippen LogP contribution in [0.15, 0.2) is 12.1 Å². The molecular weight excluding hydrogens is 233 g/mol. The fourth-order valence-electron chi connectivity index (χ4n) is 1.93. The predicted molar refractivity (Wildman–Crippen MR) is 63.0 cm³/mol. The highest BCUT2D eigenvalue weighted by atomic mass is 35.5. The molecule has 0 unspecified atom stereocenters. The molecule has 15 heavy (non-hydrogen) atoms. The third kappa shape index (κ3) is 2.07. The summed E-state index contributed by atoms with van der Waals surface area (Å²) in [5, 5.41) is 1.32. The third-order valence-electron chi connectivity index (χ3n) is 2.89. The van der Waals surface area contributed by atoms with Gasteiger partial charge in [0.1, 0.15) is 5.75 Å². The molecule has 0 aliphatic heterocycles. The van der Waals surface area contributed by atoms with Crippen LogP contribution in [-0.2, 0) is 0 Å². The molecule has 1 aromatic carbocycles. The quantitative estimate of drug-likeness (QED) is 0.869. The average molecular weight is 246 g/mol. The van der Waals surface area contributed by atoms with E-state index in [1.165, 1.54) is 0 Å². The molecule has 0 radical (unpaired) electrons. The van der Waals surface area contributed by atoms with E-state index in [-0.39, 0.29) is 0 Å². The summed E-state index contributed by atoms with van der Waals surface area (Å²) in [5.74, 6) is 1.07. The van der Waals surface area contributed by atoms with Gasteiger partial charge in [-0.3, -0.25) is 0 Å². The lowest BCUT2D eigenvalue weighted by molar-refractivity contribution is 0.351. The molecule has 0 heterocycles. The highest BCUT2D eigenvalue weighted by Crippen LogP contribution is 2.42. The van der Waals surface area contributed by atoms with E-state index in [2.05, 4.69) is 0 Å². The minimum Gasteiger partial charge on any atom is -0.495 e. The van der Waals surface area contributed by atoms with Crippen molar-refractivity contribution >= 4 is 23.2 Å². The van der Waals surface area contributed by atoms with Gasteiger partial charge >= 0.3 is 0 Å². The van der Waals surface area contributed by atoms with Crippen LogP contribution in [0.1, 0.15) is 24.3 Å². The van der Waals surface area contributed by atoms with E-state index in [1.54, 1.807) is 13.2 Å². The number of rotatable bonds is 2. The monoisotopic (exact) mass is 245 g/mol. The summed E-state index contributed by atoms with van der Waals surface area (Å²) < 4.78 is 5.09. The lowest BCUT2D eigenvalue weighted by Crippen LogP contribution is -2.34. The number of hydrogen-bond acceptors (Lipinski definition) is 2. The van der Waals surface area contributed by atoms with Gasteiger partial charge in [0.05, 0.1) is 12.1 Å². The number of hydrogen-bond donors (Lipinski definition) is 1. The van der Waals surface area contributed by atoms with Gasteiger partial charge in [-0.2, -0.15) is 0 Å². The van der Waals surface area contributed by atoms with Crippen LogP contribution in [0.5, 0.6) is 5.75 Å². The van der Waals surface area contributed by atoms with Crippen molar-refractivity contribution in [2.24, 2.45) is 5.73 Å². The molecule has 0 amide bonds. The van der Waals surface area contributed by atoms with Crippen molar-refractivity contribution in [3.63, 3.8) is 0 Å². The van der Waals surface area contributed by atoms with Gasteiger partial charge < -0.3 is 10.5 Å². The van der Waals surface area contributed by atoms with Crippen LogP contribution in [0.3, 0.4) is 0 Å². The summed E-state index contributed by atoms with van der Waals surface area (Å²) in [4.78, 5) is 0. The molecule has 1 aliphatic rings. The van der Waals surface area contributed by atoms with Gasteiger partial charge in [0.25, 0.3) is 0 Å². The molecule has 4 heteroatoms. The zero-order valence-corrected chi connectivity index (χ0v) is 9.98. The fraction of sp³-hybridized carbons (Fsp3) is 0.455. The summed E-state index contributed by atoms with van der Waals surface area (Å²) in [5.41, 5.74) is 6.84. The summed E-state index contributed by atoms with van der Waals surface area (Å²) in [7, 11) is 1.58. The molecule has 2 rings (SSSR count). The van der Waals surface area contributed by atoms with Gasteiger partial charge in [0.15, 0.2) is 0 Å². The number of methoxy groups -OCH3 is 1. The molecular formula is C11H13Cl2NO. The Labute approximate surface area is 99.3 Å². The molecule has 1 saturated carbocycles. The van der Waals surface area contributed by atoms with Crippen molar-refractivity contribution in [1.82, 2.24) is 0 Å². The van der Waals surface area contributed by atoms with Gasteiger partial charge in [-0.15, -0.1) is 0 Å². The van der Waals surface area contributed by atoms with Crippen molar-refractivity contribution in [3.05, 3.63) is 27.7 Å². The molecule has 0 bridgehead atoms. The molecule has 1 fully saturated rings. The molecule has 0 saturated heterocycles. The van der Waals surface area contributed by atoms with Crippen LogP contribution < -0.4 is 10.5 Å². The first-order valence-corrected chi connectivity index (χ1v) is 5.66. The van der Waals surface area contributed by atoms with Crippen LogP contribution in [-0.4, -0.2) is 13.2 Å². The Hall–Kier alpha value is -0.440. The highest BCUT2D eigenvalue weighted by molar-refractivity contribution is 6.34. The first kappa shape index (κ1) is 11.1. The topological polar surface area (TPSA) is 35.2 Å². The second kappa shape index (κ2) is 4.20. The number of benzene rings is 1. The molecule has 1 aromatic rings. The van der Waals surface area contributed by atoms with Crippen LogP contribution in [0.25, 0.3) is 0 Å². The minimum absolute atomic E-state index is 0.312. The zero-order chi connectivity index (χ0) is 11.0. The van der Waals surface area contributed by atoms with E-state index >= 15 is 0 Å². The molecule has 1 aliphatic carbocycles. The van der Waals surface area contributed by atoms with Gasteiger partial charge in [-0.25, -0.2) is 0 Å². The SMILES string of the molecule is COc1cc(Cl)c(C2CC(N)C2)cc1Cl. The Morgan fingerprint density at radius 2 is 1.93 bits per heavy atom. The lowest BCUT2D eigenvalue weighted by atomic mass is 9.76. The fourth-order valence-corrected chi connectivity index (χ4v) is 2.49. The molecule has 2 N–H and O–H groups in total. The van der Waals surface area contributed by atoms with Gasteiger partial charge in [0.2, 0.25) is 0 Å². The third-order valence-corrected chi connectivity index (χ3v) is 3.51. The van der Waals surface area contributed by atoms with Gasteiger partial charge in [-0.05, 0) is 30.4 Å². The summed E-state index contributed by atoms with van der Waals surface area (Å²) >= 11 is 12.2. The molecule has 82 valence electrons.